The molecule has 1 heterocycles. The molecular formula is C20H16F3N3O3. The van der Waals surface area contributed by atoms with Crippen molar-refractivity contribution in [2.24, 2.45) is 5.73 Å². The number of carbonyl (C=O) groups excluding carboxylic acids is 2. The Kier molecular flexibility index (Phi) is 5.40. The Morgan fingerprint density at radius 3 is 2.41 bits per heavy atom. The van der Waals surface area contributed by atoms with Gasteiger partial charge >= 0.3 is 12.1 Å². The summed E-state index contributed by atoms with van der Waals surface area (Å²) in [6.07, 6.45) is -3.35. The number of benzene rings is 2. The molecule has 0 saturated heterocycles. The minimum Gasteiger partial charge on any atom is -0.462 e. The van der Waals surface area contributed by atoms with Crippen LogP contribution in [-0.4, -0.2) is 23.5 Å². The molecule has 9 heteroatoms. The summed E-state index contributed by atoms with van der Waals surface area (Å²) in [6, 6.07) is 9.16. The molecule has 3 aromatic rings. The summed E-state index contributed by atoms with van der Waals surface area (Å²) in [5.74, 6) is -1.27. The standard InChI is InChI=1S/C20H16F3N3O3/c1-2-29-19(28)15-10-25-16-9-12(20(21,22)23)5-8-14(16)17(15)26-13-6-3-11(4-7-13)18(24)27/h3-10H,2H2,1H3,(H2,24,27)(H,25,26). The third-order valence-corrected chi connectivity index (χ3v) is 4.13. The summed E-state index contributed by atoms with van der Waals surface area (Å²) in [7, 11) is 0. The number of anilines is 2. The second-order valence-corrected chi connectivity index (χ2v) is 6.06. The zero-order chi connectivity index (χ0) is 21.2. The van der Waals surface area contributed by atoms with E-state index < -0.39 is 23.6 Å². The SMILES string of the molecule is CCOC(=O)c1cnc2cc(C(F)(F)F)ccc2c1Nc1ccc(C(N)=O)cc1. The van der Waals surface area contributed by atoms with Crippen LogP contribution in [0.25, 0.3) is 10.9 Å². The molecule has 3 N–H and O–H groups in total. The van der Waals surface area contributed by atoms with Gasteiger partial charge in [-0.15, -0.1) is 0 Å². The lowest BCUT2D eigenvalue weighted by Crippen LogP contribution is -2.11. The van der Waals surface area contributed by atoms with Gasteiger partial charge in [-0.25, -0.2) is 4.79 Å². The van der Waals surface area contributed by atoms with Crippen molar-refractivity contribution in [1.82, 2.24) is 4.98 Å². The van der Waals surface area contributed by atoms with Crippen LogP contribution in [0.1, 0.15) is 33.2 Å². The average molecular weight is 403 g/mol. The molecule has 1 aromatic heterocycles. The maximum absolute atomic E-state index is 13.0. The third kappa shape index (κ3) is 4.29. The molecule has 0 saturated carbocycles. The van der Waals surface area contributed by atoms with E-state index in [0.717, 1.165) is 12.1 Å². The summed E-state index contributed by atoms with van der Waals surface area (Å²) in [6.45, 7) is 1.76. The molecule has 0 radical (unpaired) electrons. The van der Waals surface area contributed by atoms with Crippen LogP contribution in [0.5, 0.6) is 0 Å². The summed E-state index contributed by atoms with van der Waals surface area (Å²) in [5, 5.41) is 3.31. The van der Waals surface area contributed by atoms with Gasteiger partial charge in [0.25, 0.3) is 0 Å². The highest BCUT2D eigenvalue weighted by atomic mass is 19.4. The van der Waals surface area contributed by atoms with Crippen molar-refractivity contribution < 1.29 is 27.5 Å². The first-order chi connectivity index (χ1) is 13.7. The van der Waals surface area contributed by atoms with Gasteiger partial charge in [-0.2, -0.15) is 13.2 Å². The Labute approximate surface area is 163 Å². The Bertz CT molecular complexity index is 1080. The van der Waals surface area contributed by atoms with Gasteiger partial charge in [0.05, 0.1) is 23.4 Å². The number of ether oxygens (including phenoxy) is 1. The van der Waals surface area contributed by atoms with Gasteiger partial charge in [-0.05, 0) is 43.3 Å². The smallest absolute Gasteiger partial charge is 0.416 e. The van der Waals surface area contributed by atoms with Crippen molar-refractivity contribution in [3.05, 3.63) is 65.4 Å². The van der Waals surface area contributed by atoms with E-state index in [0.29, 0.717) is 11.1 Å². The first-order valence-electron chi connectivity index (χ1n) is 8.54. The molecule has 0 unspecified atom stereocenters. The number of rotatable bonds is 5. The Morgan fingerprint density at radius 1 is 1.14 bits per heavy atom. The van der Waals surface area contributed by atoms with Crippen LogP contribution in [0, 0.1) is 0 Å². The average Bonchev–Trinajstić information content (AvgIpc) is 2.67. The van der Waals surface area contributed by atoms with Crippen LogP contribution in [0.4, 0.5) is 24.5 Å². The molecule has 29 heavy (non-hydrogen) atoms. The molecule has 0 aliphatic rings. The first kappa shape index (κ1) is 20.1. The van der Waals surface area contributed by atoms with Crippen LogP contribution in [-0.2, 0) is 10.9 Å². The summed E-state index contributed by atoms with van der Waals surface area (Å²) < 4.78 is 44.1. The number of hydrogen-bond donors (Lipinski definition) is 2. The molecule has 6 nitrogen and oxygen atoms in total. The number of esters is 1. The number of nitrogens with two attached hydrogens (primary N) is 1. The first-order valence-corrected chi connectivity index (χ1v) is 8.54. The molecule has 0 bridgehead atoms. The number of aromatic nitrogens is 1. The fraction of sp³-hybridized carbons (Fsp3) is 0.150. The maximum atomic E-state index is 13.0. The van der Waals surface area contributed by atoms with Gasteiger partial charge in [-0.1, -0.05) is 6.07 Å². The highest BCUT2D eigenvalue weighted by Gasteiger charge is 2.31. The number of carbonyl (C=O) groups is 2. The topological polar surface area (TPSA) is 94.3 Å². The lowest BCUT2D eigenvalue weighted by atomic mass is 10.1. The summed E-state index contributed by atoms with van der Waals surface area (Å²) in [5.41, 5.74) is 5.52. The molecule has 0 spiro atoms. The molecule has 0 aliphatic carbocycles. The van der Waals surface area contributed by atoms with E-state index in [1.165, 1.54) is 24.4 Å². The van der Waals surface area contributed by atoms with Crippen molar-refractivity contribution in [3.63, 3.8) is 0 Å². The Hall–Kier alpha value is -3.62. The number of primary amides is 1. The van der Waals surface area contributed by atoms with Crippen LogP contribution in [0.2, 0.25) is 0 Å². The largest absolute Gasteiger partial charge is 0.462 e. The molecule has 0 aliphatic heterocycles. The van der Waals surface area contributed by atoms with Gasteiger partial charge in [-0.3, -0.25) is 9.78 Å². The van der Waals surface area contributed by atoms with Gasteiger partial charge < -0.3 is 15.8 Å². The van der Waals surface area contributed by atoms with Gasteiger partial charge in [0, 0.05) is 22.8 Å². The molecule has 0 atom stereocenters. The minimum atomic E-state index is -4.52. The van der Waals surface area contributed by atoms with Crippen molar-refractivity contribution >= 4 is 34.2 Å². The lowest BCUT2D eigenvalue weighted by Gasteiger charge is -2.15. The predicted molar refractivity (Wildman–Crippen MR) is 101 cm³/mol. The van der Waals surface area contributed by atoms with Gasteiger partial charge in [0.2, 0.25) is 5.91 Å². The molecular weight excluding hydrogens is 387 g/mol. The van der Waals surface area contributed by atoms with Crippen LogP contribution < -0.4 is 11.1 Å². The normalized spacial score (nSPS) is 11.3. The predicted octanol–water partition coefficient (Wildman–Crippen LogP) is 4.27. The van der Waals surface area contributed by atoms with Gasteiger partial charge in [0.15, 0.2) is 0 Å². The molecule has 1 amide bonds. The Morgan fingerprint density at radius 2 is 1.83 bits per heavy atom. The maximum Gasteiger partial charge on any atom is 0.416 e. The number of amides is 1. The highest BCUT2D eigenvalue weighted by Crippen LogP contribution is 2.35. The van der Waals surface area contributed by atoms with E-state index in [9.17, 15) is 22.8 Å². The third-order valence-electron chi connectivity index (χ3n) is 4.13. The monoisotopic (exact) mass is 403 g/mol. The minimum absolute atomic E-state index is 0.0594. The molecule has 2 aromatic carbocycles. The Balaban J connectivity index is 2.12. The quantitative estimate of drug-likeness (QED) is 0.621. The van der Waals surface area contributed by atoms with Crippen LogP contribution >= 0.6 is 0 Å². The molecule has 0 fully saturated rings. The van der Waals surface area contributed by atoms with Crippen LogP contribution in [0.15, 0.2) is 48.7 Å². The highest BCUT2D eigenvalue weighted by molar-refractivity contribution is 6.06. The number of pyridine rings is 1. The second kappa shape index (κ2) is 7.78. The molecule has 3 rings (SSSR count). The number of nitrogens with one attached hydrogen (secondary N) is 1. The molecule has 150 valence electrons. The zero-order valence-electron chi connectivity index (χ0n) is 15.2. The fourth-order valence-electron chi connectivity index (χ4n) is 2.73. The van der Waals surface area contributed by atoms with E-state index in [-0.39, 0.29) is 28.9 Å². The summed E-state index contributed by atoms with van der Waals surface area (Å²) in [4.78, 5) is 27.5. The van der Waals surface area contributed by atoms with E-state index in [2.05, 4.69) is 10.3 Å². The van der Waals surface area contributed by atoms with Crippen molar-refractivity contribution in [2.45, 2.75) is 13.1 Å². The van der Waals surface area contributed by atoms with Crippen LogP contribution in [0.3, 0.4) is 0 Å². The van der Waals surface area contributed by atoms with E-state index in [4.69, 9.17) is 10.5 Å². The van der Waals surface area contributed by atoms with E-state index >= 15 is 0 Å². The van der Waals surface area contributed by atoms with Crippen molar-refractivity contribution in [2.75, 3.05) is 11.9 Å². The van der Waals surface area contributed by atoms with E-state index in [1.807, 2.05) is 0 Å². The lowest BCUT2D eigenvalue weighted by molar-refractivity contribution is -0.137. The fourth-order valence-corrected chi connectivity index (χ4v) is 2.73. The van der Waals surface area contributed by atoms with Crippen molar-refractivity contribution in [3.8, 4) is 0 Å². The second-order valence-electron chi connectivity index (χ2n) is 6.06. The number of fused-ring (bicyclic) bond motifs is 1. The van der Waals surface area contributed by atoms with E-state index in [1.54, 1.807) is 19.1 Å². The number of alkyl halides is 3. The number of nitrogens with zero attached hydrogens (tertiary/aromatic N) is 1. The number of hydrogen-bond acceptors (Lipinski definition) is 5. The zero-order valence-corrected chi connectivity index (χ0v) is 15.2. The number of halogens is 3. The van der Waals surface area contributed by atoms with Gasteiger partial charge in [0.1, 0.15) is 5.56 Å². The van der Waals surface area contributed by atoms with Crippen molar-refractivity contribution in [1.29, 1.82) is 0 Å². The summed E-state index contributed by atoms with van der Waals surface area (Å²) >= 11 is 0.